The summed E-state index contributed by atoms with van der Waals surface area (Å²) in [5.41, 5.74) is 5.48. The molecule has 0 saturated carbocycles. The van der Waals surface area contributed by atoms with Gasteiger partial charge in [0.05, 0.1) is 12.1 Å². The van der Waals surface area contributed by atoms with Gasteiger partial charge in [-0.2, -0.15) is 5.10 Å². The number of carboxylic acids is 1. The number of aryl methyl sites for hydroxylation is 1. The number of nitrogens with two attached hydrogens (primary N) is 1. The van der Waals surface area contributed by atoms with E-state index in [-0.39, 0.29) is 5.69 Å². The number of amides is 2. The second-order valence-corrected chi connectivity index (χ2v) is 3.59. The van der Waals surface area contributed by atoms with Crippen LogP contribution in [0.15, 0.2) is 12.1 Å². The van der Waals surface area contributed by atoms with E-state index in [4.69, 9.17) is 10.8 Å². The van der Waals surface area contributed by atoms with Crippen LogP contribution in [0.3, 0.4) is 0 Å². The molecule has 0 unspecified atom stereocenters. The lowest BCUT2D eigenvalue weighted by atomic mass is 10.2. The molecule has 4 N–H and O–H groups in total. The van der Waals surface area contributed by atoms with Gasteiger partial charge in [0.15, 0.2) is 5.69 Å². The molecule has 0 saturated heterocycles. The summed E-state index contributed by atoms with van der Waals surface area (Å²) in [6, 6.07) is 1.59. The average molecular weight is 252 g/mol. The molecule has 1 atom stereocenters. The third kappa shape index (κ3) is 3.81. The first kappa shape index (κ1) is 13.6. The maximum atomic E-state index is 11.6. The highest BCUT2D eigenvalue weighted by Crippen LogP contribution is 1.98. The van der Waals surface area contributed by atoms with E-state index >= 15 is 0 Å². The standard InChI is InChI=1S/C10H12N4O4/c1-5-2-3-6(14-13-5)9(16)12-7(10(17)18)4-8(11)15/h2-3,7H,4H2,1H3,(H2,11,15)(H,12,16)(H,17,18)/t7-/m0/s1. The summed E-state index contributed by atoms with van der Waals surface area (Å²) in [6.07, 6.45) is -0.486. The fourth-order valence-electron chi connectivity index (χ4n) is 1.15. The zero-order chi connectivity index (χ0) is 13.7. The molecule has 0 aliphatic heterocycles. The van der Waals surface area contributed by atoms with Crippen molar-refractivity contribution in [1.29, 1.82) is 0 Å². The van der Waals surface area contributed by atoms with Crippen molar-refractivity contribution in [2.45, 2.75) is 19.4 Å². The quantitative estimate of drug-likeness (QED) is 0.605. The van der Waals surface area contributed by atoms with Crippen molar-refractivity contribution in [2.24, 2.45) is 5.73 Å². The summed E-state index contributed by atoms with van der Waals surface area (Å²) < 4.78 is 0. The Balaban J connectivity index is 2.75. The van der Waals surface area contributed by atoms with E-state index in [1.165, 1.54) is 6.07 Å². The van der Waals surface area contributed by atoms with Crippen LogP contribution in [0.25, 0.3) is 0 Å². The van der Waals surface area contributed by atoms with E-state index < -0.39 is 30.2 Å². The third-order valence-corrected chi connectivity index (χ3v) is 2.04. The maximum absolute atomic E-state index is 11.6. The molecule has 1 aromatic heterocycles. The Morgan fingerprint density at radius 1 is 1.39 bits per heavy atom. The molecule has 8 nitrogen and oxygen atoms in total. The SMILES string of the molecule is Cc1ccc(C(=O)N[C@@H](CC(N)=O)C(=O)O)nn1. The van der Waals surface area contributed by atoms with E-state index in [0.717, 1.165) is 0 Å². The topological polar surface area (TPSA) is 135 Å². The number of carboxylic acid groups (broad SMARTS) is 1. The monoisotopic (exact) mass is 252 g/mol. The first-order valence-electron chi connectivity index (χ1n) is 5.02. The molecule has 1 rings (SSSR count). The highest BCUT2D eigenvalue weighted by molar-refractivity contribution is 5.96. The number of hydrogen-bond donors (Lipinski definition) is 3. The van der Waals surface area contributed by atoms with Gasteiger partial charge in [0.1, 0.15) is 6.04 Å². The number of carbonyl (C=O) groups excluding carboxylic acids is 2. The van der Waals surface area contributed by atoms with E-state index in [1.54, 1.807) is 13.0 Å². The van der Waals surface area contributed by atoms with E-state index in [9.17, 15) is 14.4 Å². The second kappa shape index (κ2) is 5.71. The summed E-state index contributed by atoms with van der Waals surface area (Å²) in [4.78, 5) is 33.1. The van der Waals surface area contributed by atoms with Crippen LogP contribution >= 0.6 is 0 Å². The summed E-state index contributed by atoms with van der Waals surface area (Å²) in [6.45, 7) is 1.70. The van der Waals surface area contributed by atoms with Gasteiger partial charge >= 0.3 is 5.97 Å². The molecule has 8 heteroatoms. The second-order valence-electron chi connectivity index (χ2n) is 3.59. The van der Waals surface area contributed by atoms with Gasteiger partial charge in [0.25, 0.3) is 5.91 Å². The van der Waals surface area contributed by atoms with Crippen LogP contribution < -0.4 is 11.1 Å². The fourth-order valence-corrected chi connectivity index (χ4v) is 1.15. The van der Waals surface area contributed by atoms with Gasteiger partial charge in [-0.1, -0.05) is 0 Å². The lowest BCUT2D eigenvalue weighted by Crippen LogP contribution is -2.43. The Morgan fingerprint density at radius 3 is 2.50 bits per heavy atom. The van der Waals surface area contributed by atoms with Crippen LogP contribution in [0.4, 0.5) is 0 Å². The number of aliphatic carboxylic acids is 1. The highest BCUT2D eigenvalue weighted by atomic mass is 16.4. The van der Waals surface area contributed by atoms with Crippen molar-refractivity contribution >= 4 is 17.8 Å². The molecule has 1 aromatic rings. The molecule has 0 aliphatic rings. The average Bonchev–Trinajstić information content (AvgIpc) is 2.28. The number of carbonyl (C=O) groups is 3. The predicted octanol–water partition coefficient (Wildman–Crippen LogP) is -1.16. The third-order valence-electron chi connectivity index (χ3n) is 2.04. The molecule has 18 heavy (non-hydrogen) atoms. The van der Waals surface area contributed by atoms with Crippen molar-refractivity contribution in [3.63, 3.8) is 0 Å². The summed E-state index contributed by atoms with van der Waals surface area (Å²) in [5.74, 6) is -2.89. The lowest BCUT2D eigenvalue weighted by Gasteiger charge is -2.11. The summed E-state index contributed by atoms with van der Waals surface area (Å²) >= 11 is 0. The fraction of sp³-hybridized carbons (Fsp3) is 0.300. The van der Waals surface area contributed by atoms with E-state index in [1.807, 2.05) is 0 Å². The first-order valence-corrected chi connectivity index (χ1v) is 5.02. The Kier molecular flexibility index (Phi) is 4.30. The molecule has 1 heterocycles. The van der Waals surface area contributed by atoms with Gasteiger partial charge in [-0.15, -0.1) is 5.10 Å². The Hall–Kier alpha value is -2.51. The van der Waals surface area contributed by atoms with Crippen LogP contribution in [-0.2, 0) is 9.59 Å². The van der Waals surface area contributed by atoms with Crippen LogP contribution in [0.2, 0.25) is 0 Å². The van der Waals surface area contributed by atoms with Crippen molar-refractivity contribution in [3.05, 3.63) is 23.5 Å². The van der Waals surface area contributed by atoms with Crippen LogP contribution in [-0.4, -0.2) is 39.1 Å². The number of rotatable bonds is 5. The molecular weight excluding hydrogens is 240 g/mol. The number of primary amides is 1. The zero-order valence-electron chi connectivity index (χ0n) is 9.58. The minimum atomic E-state index is -1.38. The van der Waals surface area contributed by atoms with Gasteiger partial charge in [0, 0.05) is 0 Å². The smallest absolute Gasteiger partial charge is 0.326 e. The molecule has 0 radical (unpaired) electrons. The first-order chi connectivity index (χ1) is 8.40. The predicted molar refractivity (Wildman–Crippen MR) is 59.5 cm³/mol. The van der Waals surface area contributed by atoms with E-state index in [0.29, 0.717) is 5.69 Å². The number of aromatic nitrogens is 2. The molecule has 0 aromatic carbocycles. The van der Waals surface area contributed by atoms with Gasteiger partial charge in [-0.05, 0) is 19.1 Å². The molecule has 2 amide bonds. The molecule has 0 aliphatic carbocycles. The largest absolute Gasteiger partial charge is 0.480 e. The molecule has 96 valence electrons. The minimum Gasteiger partial charge on any atom is -0.480 e. The highest BCUT2D eigenvalue weighted by Gasteiger charge is 2.23. The Morgan fingerprint density at radius 2 is 2.06 bits per heavy atom. The number of nitrogens with zero attached hydrogens (tertiary/aromatic N) is 2. The van der Waals surface area contributed by atoms with Gasteiger partial charge in [-0.3, -0.25) is 9.59 Å². The summed E-state index contributed by atoms with van der Waals surface area (Å²) in [5, 5.41) is 18.2. The molecule has 0 fully saturated rings. The molecule has 0 spiro atoms. The maximum Gasteiger partial charge on any atom is 0.326 e. The zero-order valence-corrected chi connectivity index (χ0v) is 9.58. The van der Waals surface area contributed by atoms with Gasteiger partial charge in [0.2, 0.25) is 5.91 Å². The minimum absolute atomic E-state index is 0.0312. The van der Waals surface area contributed by atoms with Crippen LogP contribution in [0, 0.1) is 6.92 Å². The van der Waals surface area contributed by atoms with Crippen molar-refractivity contribution in [1.82, 2.24) is 15.5 Å². The van der Waals surface area contributed by atoms with Crippen molar-refractivity contribution in [2.75, 3.05) is 0 Å². The van der Waals surface area contributed by atoms with Crippen LogP contribution in [0.5, 0.6) is 0 Å². The lowest BCUT2D eigenvalue weighted by molar-refractivity contribution is -0.140. The number of nitrogens with one attached hydrogen (secondary N) is 1. The summed E-state index contributed by atoms with van der Waals surface area (Å²) in [7, 11) is 0. The molecule has 0 bridgehead atoms. The Labute approximate surface area is 102 Å². The van der Waals surface area contributed by atoms with Crippen molar-refractivity contribution < 1.29 is 19.5 Å². The van der Waals surface area contributed by atoms with Gasteiger partial charge < -0.3 is 16.2 Å². The Bertz CT molecular complexity index is 471. The van der Waals surface area contributed by atoms with Crippen LogP contribution in [0.1, 0.15) is 22.6 Å². The molecular formula is C10H12N4O4. The van der Waals surface area contributed by atoms with Crippen molar-refractivity contribution in [3.8, 4) is 0 Å². The van der Waals surface area contributed by atoms with Gasteiger partial charge in [-0.25, -0.2) is 4.79 Å². The number of hydrogen-bond acceptors (Lipinski definition) is 5. The normalized spacial score (nSPS) is 11.6. The van der Waals surface area contributed by atoms with E-state index in [2.05, 4.69) is 15.5 Å².